The summed E-state index contributed by atoms with van der Waals surface area (Å²) in [6, 6.07) is 8.08. The monoisotopic (exact) mass is 206 g/mol. The van der Waals surface area contributed by atoms with Crippen LogP contribution in [0.3, 0.4) is 0 Å². The van der Waals surface area contributed by atoms with E-state index in [2.05, 4.69) is 6.07 Å². The van der Waals surface area contributed by atoms with Gasteiger partial charge in [-0.1, -0.05) is 18.2 Å². The first-order valence-electron chi connectivity index (χ1n) is 4.36. The van der Waals surface area contributed by atoms with Crippen molar-refractivity contribution in [2.24, 2.45) is 0 Å². The molecule has 0 aromatic heterocycles. The third kappa shape index (κ3) is 1.99. The van der Waals surface area contributed by atoms with Crippen LogP contribution in [0.2, 0.25) is 0 Å². The number of benzene rings is 1. The van der Waals surface area contributed by atoms with Crippen LogP contribution in [-0.2, 0) is 9.53 Å². The van der Waals surface area contributed by atoms with Crippen molar-refractivity contribution in [3.05, 3.63) is 35.6 Å². The van der Waals surface area contributed by atoms with Gasteiger partial charge in [0.15, 0.2) is 0 Å². The van der Waals surface area contributed by atoms with Crippen LogP contribution >= 0.6 is 11.8 Å². The molecule has 0 amide bonds. The molecule has 0 aliphatic carbocycles. The van der Waals surface area contributed by atoms with Gasteiger partial charge in [-0.25, -0.2) is 0 Å². The first-order valence-corrected chi connectivity index (χ1v) is 5.35. The second kappa shape index (κ2) is 3.88. The Bertz CT molecular complexity index is 396. The van der Waals surface area contributed by atoms with Gasteiger partial charge in [-0.05, 0) is 17.7 Å². The normalized spacial score (nSPS) is 14.2. The second-order valence-electron chi connectivity index (χ2n) is 3.03. The Hall–Kier alpha value is -1.22. The van der Waals surface area contributed by atoms with Crippen molar-refractivity contribution in [3.63, 3.8) is 0 Å². The molecule has 0 unspecified atom stereocenters. The highest BCUT2D eigenvalue weighted by Crippen LogP contribution is 2.31. The molecule has 0 saturated heterocycles. The largest absolute Gasteiger partial charge is 0.430 e. The molecule has 0 atom stereocenters. The molecule has 0 fully saturated rings. The number of fused-ring (bicyclic) bond motifs is 1. The Morgan fingerprint density at radius 3 is 3.00 bits per heavy atom. The summed E-state index contributed by atoms with van der Waals surface area (Å²) < 4.78 is 5.05. The third-order valence-corrected chi connectivity index (χ3v) is 2.99. The van der Waals surface area contributed by atoms with E-state index in [0.29, 0.717) is 0 Å². The number of carbonyl (C=O) groups excluding carboxylic acids is 1. The summed E-state index contributed by atoms with van der Waals surface area (Å²) in [7, 11) is 0. The first kappa shape index (κ1) is 9.34. The van der Waals surface area contributed by atoms with Gasteiger partial charge in [0.05, 0.1) is 5.75 Å². The summed E-state index contributed by atoms with van der Waals surface area (Å²) >= 11 is 1.69. The van der Waals surface area contributed by atoms with E-state index in [1.165, 1.54) is 11.8 Å². The minimum Gasteiger partial charge on any atom is -0.430 e. The summed E-state index contributed by atoms with van der Waals surface area (Å²) in [5.74, 6) is 1.22. The molecule has 14 heavy (non-hydrogen) atoms. The smallest absolute Gasteiger partial charge is 0.307 e. The maximum absolute atomic E-state index is 10.8. The zero-order chi connectivity index (χ0) is 9.97. The van der Waals surface area contributed by atoms with Crippen molar-refractivity contribution in [3.8, 4) is 0 Å². The molecular weight excluding hydrogens is 196 g/mol. The van der Waals surface area contributed by atoms with Gasteiger partial charge in [0.2, 0.25) is 0 Å². The average molecular weight is 206 g/mol. The van der Waals surface area contributed by atoms with Crippen LogP contribution in [0.25, 0.3) is 6.08 Å². The van der Waals surface area contributed by atoms with Crippen LogP contribution in [0.5, 0.6) is 0 Å². The fourth-order valence-electron chi connectivity index (χ4n) is 1.34. The van der Waals surface area contributed by atoms with Crippen molar-refractivity contribution in [2.75, 3.05) is 5.75 Å². The maximum atomic E-state index is 10.8. The highest BCUT2D eigenvalue weighted by molar-refractivity contribution is 7.99. The highest BCUT2D eigenvalue weighted by Gasteiger charge is 2.12. The van der Waals surface area contributed by atoms with Gasteiger partial charge in [0.25, 0.3) is 0 Å². The average Bonchev–Trinajstić information content (AvgIpc) is 2.17. The van der Waals surface area contributed by atoms with Crippen LogP contribution in [0.15, 0.2) is 34.9 Å². The molecule has 3 heteroatoms. The molecule has 2 nitrogen and oxygen atoms in total. The van der Waals surface area contributed by atoms with Gasteiger partial charge < -0.3 is 4.74 Å². The molecule has 2 rings (SSSR count). The predicted octanol–water partition coefficient (Wildman–Crippen LogP) is 2.70. The van der Waals surface area contributed by atoms with E-state index in [0.717, 1.165) is 17.1 Å². The summed E-state index contributed by atoms with van der Waals surface area (Å²) in [5, 5.41) is 0. The molecule has 1 aliphatic rings. The number of hydrogen-bond acceptors (Lipinski definition) is 3. The zero-order valence-electron chi connectivity index (χ0n) is 7.82. The Morgan fingerprint density at radius 2 is 2.21 bits per heavy atom. The van der Waals surface area contributed by atoms with Gasteiger partial charge in [-0.3, -0.25) is 4.79 Å². The Balaban J connectivity index is 2.26. The predicted molar refractivity (Wildman–Crippen MR) is 56.9 cm³/mol. The van der Waals surface area contributed by atoms with Crippen LogP contribution < -0.4 is 0 Å². The quantitative estimate of drug-likeness (QED) is 0.661. The van der Waals surface area contributed by atoms with Crippen LogP contribution in [0, 0.1) is 0 Å². The number of rotatable bonds is 1. The fourth-order valence-corrected chi connectivity index (χ4v) is 2.25. The van der Waals surface area contributed by atoms with Gasteiger partial charge in [0.1, 0.15) is 5.76 Å². The summed E-state index contributed by atoms with van der Waals surface area (Å²) in [6.45, 7) is 1.42. The van der Waals surface area contributed by atoms with Gasteiger partial charge in [-0.2, -0.15) is 0 Å². The van der Waals surface area contributed by atoms with Crippen LogP contribution in [0.1, 0.15) is 12.5 Å². The fraction of sp³-hybridized carbons (Fsp3) is 0.182. The minimum absolute atomic E-state index is 0.253. The lowest BCUT2D eigenvalue weighted by molar-refractivity contribution is -0.136. The molecule has 72 valence electrons. The lowest BCUT2D eigenvalue weighted by Gasteiger charge is -2.14. The molecule has 1 heterocycles. The second-order valence-corrected chi connectivity index (χ2v) is 4.05. The lowest BCUT2D eigenvalue weighted by atomic mass is 10.2. The van der Waals surface area contributed by atoms with Crippen molar-refractivity contribution in [2.45, 2.75) is 11.8 Å². The van der Waals surface area contributed by atoms with Gasteiger partial charge in [-0.15, -0.1) is 11.8 Å². The van der Waals surface area contributed by atoms with Crippen LogP contribution in [-0.4, -0.2) is 11.7 Å². The zero-order valence-corrected chi connectivity index (χ0v) is 8.64. The Morgan fingerprint density at radius 1 is 1.43 bits per heavy atom. The Labute approximate surface area is 87.0 Å². The molecule has 0 bridgehead atoms. The number of esters is 1. The number of ether oxygens (including phenoxy) is 1. The van der Waals surface area contributed by atoms with Crippen molar-refractivity contribution >= 4 is 23.8 Å². The molecule has 0 saturated carbocycles. The van der Waals surface area contributed by atoms with E-state index in [1.54, 1.807) is 11.8 Å². The molecule has 1 aromatic carbocycles. The first-order chi connectivity index (χ1) is 6.75. The molecular formula is C11H10O2S. The van der Waals surface area contributed by atoms with Crippen LogP contribution in [0.4, 0.5) is 0 Å². The van der Waals surface area contributed by atoms with Gasteiger partial charge in [0, 0.05) is 11.8 Å². The standard InChI is InChI=1S/C11H10O2S/c1-8(12)13-10-6-9-4-2-3-5-11(9)14-7-10/h2-6H,7H2,1H3. The van der Waals surface area contributed by atoms with E-state index in [4.69, 9.17) is 4.74 Å². The summed E-state index contributed by atoms with van der Waals surface area (Å²) in [6.07, 6.45) is 1.92. The van der Waals surface area contributed by atoms with E-state index in [-0.39, 0.29) is 5.97 Å². The van der Waals surface area contributed by atoms with Gasteiger partial charge >= 0.3 is 5.97 Å². The Kier molecular flexibility index (Phi) is 2.59. The third-order valence-electron chi connectivity index (χ3n) is 1.88. The molecule has 0 radical (unpaired) electrons. The van der Waals surface area contributed by atoms with Crippen molar-refractivity contribution in [1.82, 2.24) is 0 Å². The van der Waals surface area contributed by atoms with E-state index in [1.807, 2.05) is 24.3 Å². The molecule has 1 aliphatic heterocycles. The lowest BCUT2D eigenvalue weighted by Crippen LogP contribution is -2.04. The van der Waals surface area contributed by atoms with E-state index in [9.17, 15) is 4.79 Å². The molecule has 0 spiro atoms. The minimum atomic E-state index is -0.253. The topological polar surface area (TPSA) is 26.3 Å². The van der Waals surface area contributed by atoms with E-state index >= 15 is 0 Å². The number of hydrogen-bond donors (Lipinski definition) is 0. The maximum Gasteiger partial charge on any atom is 0.307 e. The number of carbonyl (C=O) groups is 1. The molecule has 0 N–H and O–H groups in total. The number of thioether (sulfide) groups is 1. The SMILES string of the molecule is CC(=O)OC1=Cc2ccccc2SC1. The highest BCUT2D eigenvalue weighted by atomic mass is 32.2. The molecule has 1 aromatic rings. The summed E-state index contributed by atoms with van der Waals surface area (Å²) in [4.78, 5) is 12.0. The van der Waals surface area contributed by atoms with E-state index < -0.39 is 0 Å². The summed E-state index contributed by atoms with van der Waals surface area (Å²) in [5.41, 5.74) is 1.13. The van der Waals surface area contributed by atoms with Crippen molar-refractivity contribution < 1.29 is 9.53 Å². The van der Waals surface area contributed by atoms with Crippen molar-refractivity contribution in [1.29, 1.82) is 0 Å².